The molecule has 1 aliphatic carbocycles. The molecule has 0 spiro atoms. The molecule has 104 valence electrons. The van der Waals surface area contributed by atoms with Crippen LogP contribution in [0.15, 0.2) is 42.5 Å². The number of hydrogen-bond donors (Lipinski definition) is 1. The Kier molecular flexibility index (Phi) is 3.70. The SMILES string of the molecule is C=C(CNC1CC1)COc1cccc2ccc(C)nc12. The number of aryl methyl sites for hydroxylation is 1. The minimum absolute atomic E-state index is 0.536. The van der Waals surface area contributed by atoms with E-state index in [-0.39, 0.29) is 0 Å². The number of ether oxygens (including phenoxy) is 1. The molecule has 3 nitrogen and oxygen atoms in total. The van der Waals surface area contributed by atoms with Crippen molar-refractivity contribution in [1.82, 2.24) is 10.3 Å². The molecule has 0 bridgehead atoms. The fraction of sp³-hybridized carbons (Fsp3) is 0.353. The highest BCUT2D eigenvalue weighted by Crippen LogP contribution is 2.24. The van der Waals surface area contributed by atoms with Crippen LogP contribution in [0.4, 0.5) is 0 Å². The summed E-state index contributed by atoms with van der Waals surface area (Å²) in [6.07, 6.45) is 2.58. The Morgan fingerprint density at radius 2 is 2.20 bits per heavy atom. The first-order valence-electron chi connectivity index (χ1n) is 7.11. The van der Waals surface area contributed by atoms with Crippen LogP contribution in [-0.2, 0) is 0 Å². The molecule has 0 saturated heterocycles. The van der Waals surface area contributed by atoms with E-state index >= 15 is 0 Å². The molecule has 20 heavy (non-hydrogen) atoms. The lowest BCUT2D eigenvalue weighted by Gasteiger charge is -2.11. The molecule has 0 unspecified atom stereocenters. The maximum absolute atomic E-state index is 5.89. The van der Waals surface area contributed by atoms with Gasteiger partial charge in [-0.1, -0.05) is 24.8 Å². The van der Waals surface area contributed by atoms with Crippen molar-refractivity contribution in [2.75, 3.05) is 13.2 Å². The lowest BCUT2D eigenvalue weighted by atomic mass is 10.2. The summed E-state index contributed by atoms with van der Waals surface area (Å²) in [5, 5.41) is 4.55. The average molecular weight is 268 g/mol. The molecule has 1 aliphatic rings. The van der Waals surface area contributed by atoms with E-state index in [1.54, 1.807) is 0 Å². The number of para-hydroxylation sites is 1. The second-order valence-corrected chi connectivity index (χ2v) is 5.47. The molecule has 0 amide bonds. The van der Waals surface area contributed by atoms with Crippen molar-refractivity contribution in [3.63, 3.8) is 0 Å². The van der Waals surface area contributed by atoms with E-state index in [1.807, 2.05) is 25.1 Å². The second-order valence-electron chi connectivity index (χ2n) is 5.47. The molecule has 1 aromatic carbocycles. The summed E-state index contributed by atoms with van der Waals surface area (Å²) in [5.74, 6) is 0.832. The van der Waals surface area contributed by atoms with Crippen LogP contribution >= 0.6 is 0 Å². The van der Waals surface area contributed by atoms with Crippen LogP contribution < -0.4 is 10.1 Å². The van der Waals surface area contributed by atoms with E-state index in [2.05, 4.69) is 29.0 Å². The van der Waals surface area contributed by atoms with E-state index in [9.17, 15) is 0 Å². The van der Waals surface area contributed by atoms with Gasteiger partial charge < -0.3 is 10.1 Å². The molecule has 0 aliphatic heterocycles. The number of fused-ring (bicyclic) bond motifs is 1. The average Bonchev–Trinajstić information content (AvgIpc) is 3.27. The van der Waals surface area contributed by atoms with Gasteiger partial charge in [0.2, 0.25) is 0 Å². The third-order valence-corrected chi connectivity index (χ3v) is 3.47. The van der Waals surface area contributed by atoms with Gasteiger partial charge in [0, 0.05) is 23.7 Å². The minimum atomic E-state index is 0.536. The number of benzene rings is 1. The monoisotopic (exact) mass is 268 g/mol. The zero-order chi connectivity index (χ0) is 13.9. The predicted molar refractivity (Wildman–Crippen MR) is 82.1 cm³/mol. The molecule has 3 heteroatoms. The van der Waals surface area contributed by atoms with Gasteiger partial charge in [-0.25, -0.2) is 4.98 Å². The maximum Gasteiger partial charge on any atom is 0.146 e. The van der Waals surface area contributed by atoms with Gasteiger partial charge in [-0.05, 0) is 37.5 Å². The molecule has 1 fully saturated rings. The molecule has 0 radical (unpaired) electrons. The van der Waals surface area contributed by atoms with Gasteiger partial charge >= 0.3 is 0 Å². The molecule has 0 atom stereocenters. The minimum Gasteiger partial charge on any atom is -0.487 e. The van der Waals surface area contributed by atoms with E-state index in [4.69, 9.17) is 4.74 Å². The highest BCUT2D eigenvalue weighted by Gasteiger charge is 2.20. The molecule has 2 aromatic rings. The molecule has 1 heterocycles. The van der Waals surface area contributed by atoms with Crippen molar-refractivity contribution in [2.24, 2.45) is 0 Å². The Bertz CT molecular complexity index is 632. The number of nitrogens with zero attached hydrogens (tertiary/aromatic N) is 1. The van der Waals surface area contributed by atoms with Gasteiger partial charge in [0.15, 0.2) is 0 Å². The van der Waals surface area contributed by atoms with Gasteiger partial charge in [0.05, 0.1) is 0 Å². The van der Waals surface area contributed by atoms with Crippen LogP contribution in [0.3, 0.4) is 0 Å². The Hall–Kier alpha value is -1.87. The lowest BCUT2D eigenvalue weighted by Crippen LogP contribution is -2.21. The fourth-order valence-electron chi connectivity index (χ4n) is 2.14. The van der Waals surface area contributed by atoms with Gasteiger partial charge in [0.1, 0.15) is 17.9 Å². The van der Waals surface area contributed by atoms with E-state index in [0.717, 1.165) is 34.5 Å². The molecular weight excluding hydrogens is 248 g/mol. The zero-order valence-electron chi connectivity index (χ0n) is 11.9. The lowest BCUT2D eigenvalue weighted by molar-refractivity contribution is 0.351. The largest absolute Gasteiger partial charge is 0.487 e. The summed E-state index contributed by atoms with van der Waals surface area (Å²) in [6, 6.07) is 10.8. The Balaban J connectivity index is 1.67. The number of nitrogens with one attached hydrogen (secondary N) is 1. The van der Waals surface area contributed by atoms with E-state index < -0.39 is 0 Å². The van der Waals surface area contributed by atoms with Gasteiger partial charge in [-0.2, -0.15) is 0 Å². The molecular formula is C17H20N2O. The highest BCUT2D eigenvalue weighted by atomic mass is 16.5. The van der Waals surface area contributed by atoms with Crippen molar-refractivity contribution >= 4 is 10.9 Å². The molecule has 1 N–H and O–H groups in total. The van der Waals surface area contributed by atoms with Crippen molar-refractivity contribution < 1.29 is 4.74 Å². The van der Waals surface area contributed by atoms with Crippen LogP contribution in [0.5, 0.6) is 5.75 Å². The summed E-state index contributed by atoms with van der Waals surface area (Å²) in [7, 11) is 0. The van der Waals surface area contributed by atoms with Crippen molar-refractivity contribution in [3.8, 4) is 5.75 Å². The number of pyridine rings is 1. The van der Waals surface area contributed by atoms with Gasteiger partial charge in [0.25, 0.3) is 0 Å². The number of hydrogen-bond acceptors (Lipinski definition) is 3. The Morgan fingerprint density at radius 1 is 1.35 bits per heavy atom. The summed E-state index contributed by atoms with van der Waals surface area (Å²) >= 11 is 0. The quantitative estimate of drug-likeness (QED) is 0.817. The van der Waals surface area contributed by atoms with Crippen molar-refractivity contribution in [2.45, 2.75) is 25.8 Å². The van der Waals surface area contributed by atoms with E-state index in [1.165, 1.54) is 12.8 Å². The summed E-state index contributed by atoms with van der Waals surface area (Å²) in [5.41, 5.74) is 3.00. The number of rotatable bonds is 6. The summed E-state index contributed by atoms with van der Waals surface area (Å²) < 4.78 is 5.89. The smallest absolute Gasteiger partial charge is 0.146 e. The zero-order valence-corrected chi connectivity index (χ0v) is 11.9. The fourth-order valence-corrected chi connectivity index (χ4v) is 2.14. The standard InChI is InChI=1S/C17H20N2O/c1-12(10-18-15-8-9-15)11-20-16-5-3-4-14-7-6-13(2)19-17(14)16/h3-7,15,18H,1,8-11H2,2H3. The van der Waals surface area contributed by atoms with Gasteiger partial charge in [-0.3, -0.25) is 0 Å². The van der Waals surface area contributed by atoms with Crippen LogP contribution in [0.1, 0.15) is 18.5 Å². The van der Waals surface area contributed by atoms with Crippen LogP contribution in [0, 0.1) is 6.92 Å². The van der Waals surface area contributed by atoms with Crippen LogP contribution in [-0.4, -0.2) is 24.2 Å². The first-order valence-corrected chi connectivity index (χ1v) is 7.11. The second kappa shape index (κ2) is 5.63. The van der Waals surface area contributed by atoms with Crippen molar-refractivity contribution in [3.05, 3.63) is 48.2 Å². The molecule has 1 aromatic heterocycles. The van der Waals surface area contributed by atoms with Crippen molar-refractivity contribution in [1.29, 1.82) is 0 Å². The first-order chi connectivity index (χ1) is 9.72. The molecule has 1 saturated carbocycles. The normalized spacial score (nSPS) is 14.4. The molecule has 3 rings (SSSR count). The van der Waals surface area contributed by atoms with Gasteiger partial charge in [-0.15, -0.1) is 0 Å². The predicted octanol–water partition coefficient (Wildman–Crippen LogP) is 3.23. The van der Waals surface area contributed by atoms with Crippen LogP contribution in [0.25, 0.3) is 10.9 Å². The topological polar surface area (TPSA) is 34.1 Å². The maximum atomic E-state index is 5.89. The third kappa shape index (κ3) is 3.17. The Morgan fingerprint density at radius 3 is 3.00 bits per heavy atom. The van der Waals surface area contributed by atoms with Crippen LogP contribution in [0.2, 0.25) is 0 Å². The first kappa shape index (κ1) is 13.1. The summed E-state index contributed by atoms with van der Waals surface area (Å²) in [6.45, 7) is 7.43. The Labute approximate surface area is 119 Å². The summed E-state index contributed by atoms with van der Waals surface area (Å²) in [4.78, 5) is 4.57. The van der Waals surface area contributed by atoms with E-state index in [0.29, 0.717) is 12.6 Å². The highest BCUT2D eigenvalue weighted by molar-refractivity contribution is 5.84. The number of aromatic nitrogens is 1. The third-order valence-electron chi connectivity index (χ3n) is 3.47.